The molecule has 0 radical (unpaired) electrons. The number of carbonyl (C=O) groups excluding carboxylic acids is 1. The first-order valence-electron chi connectivity index (χ1n) is 14.0. The fourth-order valence-electron chi connectivity index (χ4n) is 5.65. The summed E-state index contributed by atoms with van der Waals surface area (Å²) in [6.45, 7) is 7.61. The summed E-state index contributed by atoms with van der Waals surface area (Å²) in [7, 11) is 0. The summed E-state index contributed by atoms with van der Waals surface area (Å²) in [5.41, 5.74) is 3.14. The molecule has 9 nitrogen and oxygen atoms in total. The van der Waals surface area contributed by atoms with E-state index in [1.165, 1.54) is 0 Å². The van der Waals surface area contributed by atoms with Gasteiger partial charge in [0.1, 0.15) is 0 Å². The first kappa shape index (κ1) is 26.8. The summed E-state index contributed by atoms with van der Waals surface area (Å²) in [5.74, 6) is 0.707. The SMILES string of the molecule is CCCCCn1c(-c2cnc(C(=O)CCCN3CC4(COC4)C3)nc2)cc(=O)n2cc(-c3ccc(Cl)cc3)nc12. The molecule has 1 spiro atoms. The van der Waals surface area contributed by atoms with Gasteiger partial charge in [-0.1, -0.05) is 43.5 Å². The van der Waals surface area contributed by atoms with E-state index in [0.717, 1.165) is 64.1 Å². The van der Waals surface area contributed by atoms with Gasteiger partial charge in [0.05, 0.1) is 24.6 Å². The molecule has 2 aliphatic heterocycles. The number of likely N-dealkylation sites (tertiary alicyclic amines) is 1. The van der Waals surface area contributed by atoms with Crippen LogP contribution < -0.4 is 5.56 Å². The highest BCUT2D eigenvalue weighted by Gasteiger charge is 2.48. The predicted molar refractivity (Wildman–Crippen MR) is 154 cm³/mol. The molecular formula is C30H33ClN6O3. The Kier molecular flexibility index (Phi) is 7.53. The lowest BCUT2D eigenvalue weighted by Gasteiger charge is -2.55. The molecule has 10 heteroatoms. The number of ketones is 1. The molecule has 3 aromatic heterocycles. The van der Waals surface area contributed by atoms with Crippen LogP contribution in [0.15, 0.2) is 53.7 Å². The second kappa shape index (κ2) is 11.2. The normalized spacial score (nSPS) is 16.2. The van der Waals surface area contributed by atoms with E-state index < -0.39 is 0 Å². The number of hydrogen-bond donors (Lipinski definition) is 0. The topological polar surface area (TPSA) is 94.6 Å². The van der Waals surface area contributed by atoms with Crippen molar-refractivity contribution >= 4 is 23.2 Å². The van der Waals surface area contributed by atoms with Gasteiger partial charge in [-0.3, -0.25) is 14.0 Å². The van der Waals surface area contributed by atoms with E-state index in [0.29, 0.717) is 46.1 Å². The third kappa shape index (κ3) is 5.33. The molecule has 0 unspecified atom stereocenters. The van der Waals surface area contributed by atoms with Crippen LogP contribution in [0.3, 0.4) is 0 Å². The Morgan fingerprint density at radius 1 is 1.02 bits per heavy atom. The standard InChI is InChI=1S/C30H33ClN6O3/c1-2-3-4-12-36-25(13-27(39)37-16-24(34-29(36)37)21-7-9-23(31)10-8-21)22-14-32-28(33-15-22)26(38)6-5-11-35-17-30(18-35)19-40-20-30/h7-10,13-16H,2-6,11-12,17-20H2,1H3. The Labute approximate surface area is 237 Å². The minimum Gasteiger partial charge on any atom is -0.380 e. The first-order chi connectivity index (χ1) is 19.4. The number of imidazole rings is 1. The van der Waals surface area contributed by atoms with Crippen molar-refractivity contribution in [2.24, 2.45) is 5.41 Å². The average Bonchev–Trinajstić information content (AvgIpc) is 3.37. The summed E-state index contributed by atoms with van der Waals surface area (Å²) in [6.07, 6.45) is 9.30. The lowest BCUT2D eigenvalue weighted by Crippen LogP contribution is -2.65. The molecule has 0 saturated carbocycles. The van der Waals surface area contributed by atoms with Gasteiger partial charge >= 0.3 is 0 Å². The van der Waals surface area contributed by atoms with Crippen molar-refractivity contribution in [3.8, 4) is 22.5 Å². The minimum absolute atomic E-state index is 0.0644. The van der Waals surface area contributed by atoms with Crippen LogP contribution in [-0.4, -0.2) is 67.5 Å². The van der Waals surface area contributed by atoms with Gasteiger partial charge < -0.3 is 14.2 Å². The minimum atomic E-state index is -0.189. The number of ether oxygens (including phenoxy) is 1. The molecule has 0 amide bonds. The molecule has 0 N–H and O–H groups in total. The number of rotatable bonds is 11. The van der Waals surface area contributed by atoms with Crippen LogP contribution in [0.5, 0.6) is 0 Å². The maximum atomic E-state index is 13.2. The van der Waals surface area contributed by atoms with E-state index in [2.05, 4.69) is 21.8 Å². The van der Waals surface area contributed by atoms with Gasteiger partial charge in [-0.25, -0.2) is 15.0 Å². The van der Waals surface area contributed by atoms with Crippen molar-refractivity contribution in [1.82, 2.24) is 28.8 Å². The monoisotopic (exact) mass is 560 g/mol. The average molecular weight is 561 g/mol. The summed E-state index contributed by atoms with van der Waals surface area (Å²) in [5, 5.41) is 0.643. The number of hydrogen-bond acceptors (Lipinski definition) is 7. The van der Waals surface area contributed by atoms with Gasteiger partial charge in [0.15, 0.2) is 11.6 Å². The summed E-state index contributed by atoms with van der Waals surface area (Å²) in [4.78, 5) is 41.9. The van der Waals surface area contributed by atoms with E-state index in [4.69, 9.17) is 21.3 Å². The Hall–Kier alpha value is -3.40. The molecule has 4 aromatic rings. The highest BCUT2D eigenvalue weighted by Crippen LogP contribution is 2.37. The van der Waals surface area contributed by atoms with Crippen molar-refractivity contribution in [1.29, 1.82) is 0 Å². The number of benzene rings is 1. The number of aromatic nitrogens is 5. The van der Waals surface area contributed by atoms with Crippen LogP contribution in [0, 0.1) is 5.41 Å². The van der Waals surface area contributed by atoms with Gasteiger partial charge in [0, 0.05) is 72.3 Å². The van der Waals surface area contributed by atoms with Gasteiger partial charge in [0.25, 0.3) is 5.56 Å². The van der Waals surface area contributed by atoms with Crippen LogP contribution in [0.2, 0.25) is 5.02 Å². The molecule has 5 heterocycles. The lowest BCUT2D eigenvalue weighted by atomic mass is 9.78. The summed E-state index contributed by atoms with van der Waals surface area (Å²) in [6, 6.07) is 9.00. The molecule has 2 fully saturated rings. The van der Waals surface area contributed by atoms with Crippen LogP contribution in [0.1, 0.15) is 49.6 Å². The fourth-order valence-corrected chi connectivity index (χ4v) is 5.77. The van der Waals surface area contributed by atoms with E-state index in [1.807, 2.05) is 28.8 Å². The van der Waals surface area contributed by atoms with E-state index in [9.17, 15) is 9.59 Å². The summed E-state index contributed by atoms with van der Waals surface area (Å²) >= 11 is 6.06. The third-order valence-corrected chi connectivity index (χ3v) is 8.10. The van der Waals surface area contributed by atoms with E-state index in [-0.39, 0.29) is 17.2 Å². The van der Waals surface area contributed by atoms with Gasteiger partial charge in [-0.2, -0.15) is 0 Å². The maximum Gasteiger partial charge on any atom is 0.259 e. The van der Waals surface area contributed by atoms with Crippen LogP contribution in [-0.2, 0) is 11.3 Å². The smallest absolute Gasteiger partial charge is 0.259 e. The van der Waals surface area contributed by atoms with Crippen molar-refractivity contribution < 1.29 is 9.53 Å². The van der Waals surface area contributed by atoms with E-state index in [1.54, 1.807) is 29.1 Å². The zero-order chi connectivity index (χ0) is 27.7. The number of Topliss-reactive ketones (excluding diaryl/α,β-unsaturated/α-hetero) is 1. The quantitative estimate of drug-likeness (QED) is 0.193. The predicted octanol–water partition coefficient (Wildman–Crippen LogP) is 4.76. The molecule has 0 atom stereocenters. The van der Waals surface area contributed by atoms with E-state index >= 15 is 0 Å². The number of fused-ring (bicyclic) bond motifs is 1. The third-order valence-electron chi connectivity index (χ3n) is 7.85. The lowest BCUT2D eigenvalue weighted by molar-refractivity contribution is -0.188. The second-order valence-corrected chi connectivity index (χ2v) is 11.5. The Morgan fingerprint density at radius 2 is 1.77 bits per heavy atom. The van der Waals surface area contributed by atoms with Crippen LogP contribution in [0.4, 0.5) is 0 Å². The van der Waals surface area contributed by atoms with Crippen molar-refractivity contribution in [2.75, 3.05) is 32.8 Å². The largest absolute Gasteiger partial charge is 0.380 e. The molecule has 2 aliphatic rings. The van der Waals surface area contributed by atoms with Gasteiger partial charge in [-0.05, 0) is 31.5 Å². The fraction of sp³-hybridized carbons (Fsp3) is 0.433. The molecule has 40 heavy (non-hydrogen) atoms. The molecule has 208 valence electrons. The highest BCUT2D eigenvalue weighted by molar-refractivity contribution is 6.30. The molecule has 1 aromatic carbocycles. The summed E-state index contributed by atoms with van der Waals surface area (Å²) < 4.78 is 8.95. The highest BCUT2D eigenvalue weighted by atomic mass is 35.5. The zero-order valence-electron chi connectivity index (χ0n) is 22.7. The Balaban J connectivity index is 1.22. The molecule has 0 bridgehead atoms. The number of aryl methyl sites for hydroxylation is 1. The molecule has 6 rings (SSSR count). The number of halogens is 1. The van der Waals surface area contributed by atoms with Crippen LogP contribution >= 0.6 is 11.6 Å². The van der Waals surface area contributed by atoms with Crippen molar-refractivity contribution in [3.63, 3.8) is 0 Å². The number of nitrogens with zero attached hydrogens (tertiary/aromatic N) is 6. The van der Waals surface area contributed by atoms with Crippen LogP contribution in [0.25, 0.3) is 28.3 Å². The maximum absolute atomic E-state index is 13.2. The zero-order valence-corrected chi connectivity index (χ0v) is 23.4. The first-order valence-corrected chi connectivity index (χ1v) is 14.4. The van der Waals surface area contributed by atoms with Gasteiger partial charge in [-0.15, -0.1) is 0 Å². The second-order valence-electron chi connectivity index (χ2n) is 11.1. The Morgan fingerprint density at radius 3 is 2.45 bits per heavy atom. The van der Waals surface area contributed by atoms with Gasteiger partial charge in [0.2, 0.25) is 5.78 Å². The Bertz CT molecular complexity index is 1570. The molecule has 0 aliphatic carbocycles. The van der Waals surface area contributed by atoms with Crippen molar-refractivity contribution in [3.05, 3.63) is 70.1 Å². The molecule has 2 saturated heterocycles. The molecular weight excluding hydrogens is 528 g/mol. The van der Waals surface area contributed by atoms with Crippen molar-refractivity contribution in [2.45, 2.75) is 45.6 Å². The number of carbonyl (C=O) groups is 1. The number of unbranched alkanes of at least 4 members (excludes halogenated alkanes) is 2.